The Bertz CT molecular complexity index is 2450. The lowest BCUT2D eigenvalue weighted by Gasteiger charge is -2.49. The summed E-state index contributed by atoms with van der Waals surface area (Å²) < 4.78 is 16.4. The van der Waals surface area contributed by atoms with Gasteiger partial charge in [0.15, 0.2) is 10.8 Å². The molecular formula is C48H48ClN5O8S2. The number of ether oxygens (including phenoxy) is 3. The van der Waals surface area contributed by atoms with E-state index in [4.69, 9.17) is 35.6 Å². The van der Waals surface area contributed by atoms with Gasteiger partial charge in [-0.15, -0.1) is 34.7 Å². The predicted molar refractivity (Wildman–Crippen MR) is 248 cm³/mol. The molecule has 1 fully saturated rings. The minimum atomic E-state index is -1.63. The minimum absolute atomic E-state index is 0.00459. The zero-order valence-electron chi connectivity index (χ0n) is 36.1. The molecule has 0 aliphatic carbocycles. The third-order valence-corrected chi connectivity index (χ3v) is 12.8. The monoisotopic (exact) mass is 921 g/mol. The van der Waals surface area contributed by atoms with Crippen molar-refractivity contribution in [2.75, 3.05) is 24.1 Å². The van der Waals surface area contributed by atoms with Crippen LogP contribution >= 0.6 is 34.7 Å². The van der Waals surface area contributed by atoms with Gasteiger partial charge in [-0.2, -0.15) is 0 Å². The molecule has 0 spiro atoms. The quantitative estimate of drug-likeness (QED) is 0.0247. The van der Waals surface area contributed by atoms with Crippen molar-refractivity contribution in [3.8, 4) is 5.75 Å². The fourth-order valence-corrected chi connectivity index (χ4v) is 9.54. The molecule has 1 unspecified atom stereocenters. The number of carbonyl (C=O) groups excluding carboxylic acids is 4. The zero-order valence-corrected chi connectivity index (χ0v) is 38.5. The zero-order chi connectivity index (χ0) is 45.6. The molecule has 2 amide bonds. The van der Waals surface area contributed by atoms with Gasteiger partial charge < -0.3 is 29.7 Å². The minimum Gasteiger partial charge on any atom is -0.497 e. The lowest BCUT2D eigenvalue weighted by molar-refractivity contribution is -0.179. The number of hydrogen-bond donors (Lipinski definition) is 2. The van der Waals surface area contributed by atoms with Crippen LogP contribution in [0, 0.1) is 0 Å². The molecule has 2 aliphatic rings. The van der Waals surface area contributed by atoms with Crippen LogP contribution in [0.3, 0.4) is 0 Å². The number of nitrogens with zero attached hydrogens (tertiary/aromatic N) is 3. The lowest BCUT2D eigenvalue weighted by atomic mass is 9.77. The number of thiazole rings is 1. The van der Waals surface area contributed by atoms with Crippen molar-refractivity contribution in [2.45, 2.75) is 69.4 Å². The number of anilines is 1. The van der Waals surface area contributed by atoms with Crippen molar-refractivity contribution in [1.29, 1.82) is 0 Å². The number of rotatable bonds is 16. The third kappa shape index (κ3) is 9.81. The van der Waals surface area contributed by atoms with Crippen molar-refractivity contribution in [1.82, 2.24) is 15.2 Å². The molecule has 0 saturated carbocycles. The number of oxime groups is 1. The van der Waals surface area contributed by atoms with Gasteiger partial charge in [0.1, 0.15) is 46.3 Å². The number of hydrogen-bond acceptors (Lipinski definition) is 13. The molecule has 3 heterocycles. The summed E-state index contributed by atoms with van der Waals surface area (Å²) in [6, 6.07) is 35.9. The fraction of sp³-hybridized carbons (Fsp3) is 0.292. The molecule has 2 aliphatic heterocycles. The van der Waals surface area contributed by atoms with Crippen molar-refractivity contribution < 1.29 is 38.2 Å². The van der Waals surface area contributed by atoms with Gasteiger partial charge in [0.25, 0.3) is 11.8 Å². The lowest BCUT2D eigenvalue weighted by Crippen LogP contribution is -2.71. The molecule has 1 saturated heterocycles. The highest BCUT2D eigenvalue weighted by Gasteiger charge is 2.55. The Kier molecular flexibility index (Phi) is 13.8. The van der Waals surface area contributed by atoms with Crippen molar-refractivity contribution in [3.05, 3.63) is 160 Å². The van der Waals surface area contributed by atoms with E-state index in [1.54, 1.807) is 57.5 Å². The Morgan fingerprint density at radius 3 is 1.97 bits per heavy atom. The SMILES string of the molecule is COc1ccc(COC(=O)C2=C(CCl)CS[C@@H]3C(NC(=O)/C(=N\OC(C)(C)C(=O)OC(C)(C)C)c4csc(NC(c5ccccc5)(c5ccccc5)c5ccccc5)n4)C(=O)N23)cc1. The number of carbonyl (C=O) groups is 4. The summed E-state index contributed by atoms with van der Waals surface area (Å²) in [7, 11) is 1.56. The normalized spacial score (nSPS) is 16.6. The molecule has 64 heavy (non-hydrogen) atoms. The molecule has 0 bridgehead atoms. The summed E-state index contributed by atoms with van der Waals surface area (Å²) in [5, 5.41) is 12.2. The number of alkyl halides is 1. The van der Waals surface area contributed by atoms with Crippen molar-refractivity contribution in [3.63, 3.8) is 0 Å². The number of benzene rings is 4. The first kappa shape index (κ1) is 45.9. The summed E-state index contributed by atoms with van der Waals surface area (Å²) in [5.74, 6) is -1.80. The van der Waals surface area contributed by atoms with Crippen LogP contribution in [-0.4, -0.2) is 80.7 Å². The first-order valence-corrected chi connectivity index (χ1v) is 22.9. The summed E-state index contributed by atoms with van der Waals surface area (Å²) in [6.45, 7) is 8.09. The van der Waals surface area contributed by atoms with E-state index in [2.05, 4.69) is 15.8 Å². The van der Waals surface area contributed by atoms with Crippen molar-refractivity contribution in [2.24, 2.45) is 5.16 Å². The molecule has 2 atom stereocenters. The molecule has 0 radical (unpaired) electrons. The molecule has 332 valence electrons. The van der Waals surface area contributed by atoms with Gasteiger partial charge in [0.2, 0.25) is 5.60 Å². The fourth-order valence-electron chi connectivity index (χ4n) is 7.11. The number of nitrogens with one attached hydrogen (secondary N) is 2. The van der Waals surface area contributed by atoms with Crippen LogP contribution in [0.25, 0.3) is 0 Å². The highest BCUT2D eigenvalue weighted by Crippen LogP contribution is 2.42. The van der Waals surface area contributed by atoms with Gasteiger partial charge in [0.05, 0.1) is 7.11 Å². The van der Waals surface area contributed by atoms with E-state index in [0.717, 1.165) is 22.3 Å². The van der Waals surface area contributed by atoms with E-state index in [1.807, 2.05) is 91.0 Å². The van der Waals surface area contributed by atoms with Crippen LogP contribution in [0.5, 0.6) is 5.75 Å². The largest absolute Gasteiger partial charge is 0.497 e. The highest BCUT2D eigenvalue weighted by molar-refractivity contribution is 8.00. The van der Waals surface area contributed by atoms with E-state index in [1.165, 1.54) is 41.8 Å². The van der Waals surface area contributed by atoms with Gasteiger partial charge in [-0.25, -0.2) is 14.6 Å². The number of esters is 2. The van der Waals surface area contributed by atoms with Gasteiger partial charge >= 0.3 is 11.9 Å². The Hall–Kier alpha value is -6.16. The van der Waals surface area contributed by atoms with E-state index < -0.39 is 51.9 Å². The van der Waals surface area contributed by atoms with E-state index in [9.17, 15) is 19.2 Å². The number of halogens is 1. The number of thioether (sulfide) groups is 1. The first-order valence-electron chi connectivity index (χ1n) is 20.4. The average molecular weight is 923 g/mol. The summed E-state index contributed by atoms with van der Waals surface area (Å²) in [5.41, 5.74) is 0.529. The van der Waals surface area contributed by atoms with Gasteiger partial charge in [-0.3, -0.25) is 14.5 Å². The topological polar surface area (TPSA) is 158 Å². The third-order valence-electron chi connectivity index (χ3n) is 10.3. The molecule has 13 nitrogen and oxygen atoms in total. The van der Waals surface area contributed by atoms with Crippen LogP contribution in [0.1, 0.15) is 62.6 Å². The average Bonchev–Trinajstić information content (AvgIpc) is 3.76. The van der Waals surface area contributed by atoms with Crippen LogP contribution in [0.2, 0.25) is 0 Å². The van der Waals surface area contributed by atoms with Gasteiger partial charge in [-0.1, -0.05) is 108 Å². The summed E-state index contributed by atoms with van der Waals surface area (Å²) in [6.07, 6.45) is 0. The number of amides is 2. The van der Waals surface area contributed by atoms with E-state index in [0.29, 0.717) is 22.2 Å². The number of aromatic nitrogens is 1. The molecule has 4 aromatic carbocycles. The Balaban J connectivity index is 1.19. The molecule has 16 heteroatoms. The second-order valence-electron chi connectivity index (χ2n) is 16.4. The van der Waals surface area contributed by atoms with Crippen LogP contribution < -0.4 is 15.4 Å². The number of methoxy groups -OCH3 is 1. The Morgan fingerprint density at radius 2 is 1.44 bits per heavy atom. The maximum absolute atomic E-state index is 14.5. The number of fused-ring (bicyclic) bond motifs is 1. The standard InChI is InChI=1S/C48H48ClN5O8S2/c1-46(2,3)61-44(58)47(4,5)62-53-37(36-29-64-45(50-36)52-48(32-16-10-7-11-17-32,33-18-12-8-13-19-33)34-20-14-9-15-21-34)40(55)51-38-41(56)54-39(31(26-49)28-63-42(38)54)43(57)60-27-30-22-24-35(59-6)25-23-30/h7-25,29,38,42H,26-28H2,1-6H3,(H,50,52)(H,51,55)/b53-37-/t38?,42-/m1/s1. The Labute approximate surface area is 385 Å². The summed E-state index contributed by atoms with van der Waals surface area (Å²) in [4.78, 5) is 67.3. The van der Waals surface area contributed by atoms with E-state index >= 15 is 0 Å². The summed E-state index contributed by atoms with van der Waals surface area (Å²) >= 11 is 8.87. The van der Waals surface area contributed by atoms with E-state index in [-0.39, 0.29) is 29.6 Å². The van der Waals surface area contributed by atoms with Crippen LogP contribution in [0.4, 0.5) is 5.13 Å². The maximum Gasteiger partial charge on any atom is 0.355 e. The molecular weight excluding hydrogens is 874 g/mol. The van der Waals surface area contributed by atoms with Gasteiger partial charge in [0, 0.05) is 17.0 Å². The second kappa shape index (κ2) is 19.3. The smallest absolute Gasteiger partial charge is 0.355 e. The first-order chi connectivity index (χ1) is 30.6. The maximum atomic E-state index is 14.5. The van der Waals surface area contributed by atoms with Crippen LogP contribution in [0.15, 0.2) is 137 Å². The predicted octanol–water partition coefficient (Wildman–Crippen LogP) is 8.03. The molecule has 5 aromatic rings. The molecule has 7 rings (SSSR count). The number of β-lactam (4-membered cyclic amide) rings is 1. The highest BCUT2D eigenvalue weighted by atomic mass is 35.5. The van der Waals surface area contributed by atoms with Gasteiger partial charge in [-0.05, 0) is 74.6 Å². The molecule has 2 N–H and O–H groups in total. The van der Waals surface area contributed by atoms with Crippen molar-refractivity contribution >= 4 is 69.3 Å². The molecule has 1 aromatic heterocycles. The second-order valence-corrected chi connectivity index (χ2v) is 18.7. The van der Waals surface area contributed by atoms with Crippen LogP contribution in [-0.2, 0) is 45.6 Å². The Morgan fingerprint density at radius 1 is 0.859 bits per heavy atom.